The van der Waals surface area contributed by atoms with Crippen molar-refractivity contribution in [3.63, 3.8) is 0 Å². The molecule has 0 spiro atoms. The van der Waals surface area contributed by atoms with E-state index in [-0.39, 0.29) is 0 Å². The number of ether oxygens (including phenoxy) is 4. The van der Waals surface area contributed by atoms with Crippen molar-refractivity contribution in [3.05, 3.63) is 47.3 Å². The Morgan fingerprint density at radius 2 is 1.75 bits per heavy atom. The lowest BCUT2D eigenvalue weighted by Crippen LogP contribution is -2.07. The van der Waals surface area contributed by atoms with Crippen molar-refractivity contribution >= 4 is 0 Å². The summed E-state index contributed by atoms with van der Waals surface area (Å²) in [5.74, 6) is 0.849. The van der Waals surface area contributed by atoms with Crippen molar-refractivity contribution in [1.29, 1.82) is 0 Å². The van der Waals surface area contributed by atoms with Gasteiger partial charge in [0.25, 0.3) is 0 Å². The Morgan fingerprint density at radius 1 is 0.958 bits per heavy atom. The maximum absolute atomic E-state index is 5.82. The summed E-state index contributed by atoms with van der Waals surface area (Å²) in [5, 5.41) is 4.49. The van der Waals surface area contributed by atoms with E-state index < -0.39 is 0 Å². The first-order chi connectivity index (χ1) is 11.7. The molecule has 0 atom stereocenters. The molecule has 132 valence electrons. The minimum Gasteiger partial charge on any atom is -0.497 e. The van der Waals surface area contributed by atoms with E-state index in [1.165, 1.54) is 0 Å². The van der Waals surface area contributed by atoms with E-state index >= 15 is 0 Å². The number of nitrogens with zero attached hydrogens (tertiary/aromatic N) is 2. The van der Waals surface area contributed by atoms with Gasteiger partial charge in [0.2, 0.25) is 0 Å². The van der Waals surface area contributed by atoms with Gasteiger partial charge < -0.3 is 18.9 Å². The maximum Gasteiger partial charge on any atom is 0.118 e. The summed E-state index contributed by atoms with van der Waals surface area (Å²) in [4.78, 5) is 0. The second kappa shape index (κ2) is 10.1. The fourth-order valence-electron chi connectivity index (χ4n) is 2.33. The van der Waals surface area contributed by atoms with E-state index in [2.05, 4.69) is 5.10 Å². The summed E-state index contributed by atoms with van der Waals surface area (Å²) in [7, 11) is 5.25. The molecule has 0 saturated carbocycles. The zero-order valence-corrected chi connectivity index (χ0v) is 14.7. The van der Waals surface area contributed by atoms with Gasteiger partial charge >= 0.3 is 0 Å². The summed E-state index contributed by atoms with van der Waals surface area (Å²) in [6.45, 7) is 2.94. The van der Waals surface area contributed by atoms with Crippen molar-refractivity contribution < 1.29 is 18.9 Å². The van der Waals surface area contributed by atoms with Gasteiger partial charge in [0, 0.05) is 32.3 Å². The van der Waals surface area contributed by atoms with Crippen LogP contribution in [0.5, 0.6) is 5.75 Å². The molecular formula is C18H26N2O4. The van der Waals surface area contributed by atoms with E-state index in [1.807, 2.05) is 42.2 Å². The summed E-state index contributed by atoms with van der Waals surface area (Å²) >= 11 is 0. The van der Waals surface area contributed by atoms with Gasteiger partial charge in [-0.1, -0.05) is 12.1 Å². The summed E-state index contributed by atoms with van der Waals surface area (Å²) in [6, 6.07) is 7.89. The fraction of sp³-hybridized carbons (Fsp3) is 0.500. The minimum absolute atomic E-state index is 0.535. The molecule has 0 aliphatic rings. The Labute approximate surface area is 143 Å². The zero-order chi connectivity index (χ0) is 17.2. The van der Waals surface area contributed by atoms with E-state index in [9.17, 15) is 0 Å². The third-order valence-corrected chi connectivity index (χ3v) is 3.59. The molecule has 2 rings (SSSR count). The van der Waals surface area contributed by atoms with Gasteiger partial charge in [-0.3, -0.25) is 4.68 Å². The predicted octanol–water partition coefficient (Wildman–Crippen LogP) is 2.35. The van der Waals surface area contributed by atoms with Crippen molar-refractivity contribution in [1.82, 2.24) is 9.78 Å². The highest BCUT2D eigenvalue weighted by Gasteiger charge is 2.08. The van der Waals surface area contributed by atoms with Crippen LogP contribution in [0.3, 0.4) is 0 Å². The van der Waals surface area contributed by atoms with E-state index in [0.29, 0.717) is 33.0 Å². The topological polar surface area (TPSA) is 54.7 Å². The quantitative estimate of drug-likeness (QED) is 0.591. The monoisotopic (exact) mass is 334 g/mol. The van der Waals surface area contributed by atoms with Gasteiger partial charge in [0.1, 0.15) is 5.75 Å². The molecule has 1 aromatic carbocycles. The normalized spacial score (nSPS) is 11.0. The minimum atomic E-state index is 0.535. The Bertz CT molecular complexity index is 596. The maximum atomic E-state index is 5.82. The number of hydrogen-bond donors (Lipinski definition) is 0. The van der Waals surface area contributed by atoms with Gasteiger partial charge in [-0.15, -0.1) is 0 Å². The first kappa shape index (κ1) is 18.4. The highest BCUT2D eigenvalue weighted by molar-refractivity contribution is 5.26. The first-order valence-electron chi connectivity index (χ1n) is 8.01. The number of benzene rings is 1. The molecule has 0 amide bonds. The molecule has 1 heterocycles. The van der Waals surface area contributed by atoms with E-state index in [1.54, 1.807) is 14.2 Å². The fourth-order valence-corrected chi connectivity index (χ4v) is 2.33. The molecule has 1 aromatic heterocycles. The molecule has 6 nitrogen and oxygen atoms in total. The second-order valence-corrected chi connectivity index (χ2v) is 5.47. The van der Waals surface area contributed by atoms with Crippen molar-refractivity contribution in [2.24, 2.45) is 7.05 Å². The molecule has 0 bridgehead atoms. The van der Waals surface area contributed by atoms with Crippen LogP contribution in [0, 0.1) is 0 Å². The first-order valence-corrected chi connectivity index (χ1v) is 8.01. The Hall–Kier alpha value is -1.89. The van der Waals surface area contributed by atoms with Crippen LogP contribution in [0.1, 0.15) is 16.8 Å². The third kappa shape index (κ3) is 5.96. The van der Waals surface area contributed by atoms with Crippen LogP contribution in [0.15, 0.2) is 30.5 Å². The standard InChI is InChI=1S/C18H26N2O4/c1-20-12-16(18(19-20)8-9-23-11-10-21-2)14-24-13-15-4-6-17(22-3)7-5-15/h4-7,12H,8-11,13-14H2,1-3H3. The average molecular weight is 334 g/mol. The van der Waals surface area contributed by atoms with Gasteiger partial charge in [0.15, 0.2) is 0 Å². The molecule has 0 fully saturated rings. The molecular weight excluding hydrogens is 308 g/mol. The Morgan fingerprint density at radius 3 is 2.46 bits per heavy atom. The number of aryl methyl sites for hydroxylation is 1. The number of aromatic nitrogens is 2. The molecule has 6 heteroatoms. The number of rotatable bonds is 11. The molecule has 0 N–H and O–H groups in total. The van der Waals surface area contributed by atoms with Gasteiger partial charge in [-0.25, -0.2) is 0 Å². The highest BCUT2D eigenvalue weighted by atomic mass is 16.5. The van der Waals surface area contributed by atoms with Gasteiger partial charge in [-0.2, -0.15) is 5.10 Å². The molecule has 0 unspecified atom stereocenters. The summed E-state index contributed by atoms with van der Waals surface area (Å²) in [5.41, 5.74) is 3.23. The van der Waals surface area contributed by atoms with Gasteiger partial charge in [-0.05, 0) is 17.7 Å². The lowest BCUT2D eigenvalue weighted by Gasteiger charge is -2.06. The lowest BCUT2D eigenvalue weighted by atomic mass is 10.2. The third-order valence-electron chi connectivity index (χ3n) is 3.59. The van der Waals surface area contributed by atoms with Crippen LogP contribution in [-0.4, -0.2) is 43.8 Å². The SMILES string of the molecule is COCCOCCc1nn(C)cc1COCc1ccc(OC)cc1. The van der Waals surface area contributed by atoms with E-state index in [0.717, 1.165) is 29.0 Å². The molecule has 2 aromatic rings. The van der Waals surface area contributed by atoms with E-state index in [4.69, 9.17) is 18.9 Å². The van der Waals surface area contributed by atoms with Crippen LogP contribution in [0.25, 0.3) is 0 Å². The smallest absolute Gasteiger partial charge is 0.118 e. The van der Waals surface area contributed by atoms with Crippen LogP contribution < -0.4 is 4.74 Å². The van der Waals surface area contributed by atoms with Crippen molar-refractivity contribution in [2.75, 3.05) is 34.0 Å². The lowest BCUT2D eigenvalue weighted by molar-refractivity contribution is 0.0713. The van der Waals surface area contributed by atoms with Crippen LogP contribution in [-0.2, 0) is 40.9 Å². The number of methoxy groups -OCH3 is 2. The average Bonchev–Trinajstić information content (AvgIpc) is 2.95. The van der Waals surface area contributed by atoms with Crippen LogP contribution >= 0.6 is 0 Å². The van der Waals surface area contributed by atoms with Crippen LogP contribution in [0.2, 0.25) is 0 Å². The Balaban J connectivity index is 1.78. The second-order valence-electron chi connectivity index (χ2n) is 5.47. The summed E-state index contributed by atoms with van der Waals surface area (Å²) < 4.78 is 23.3. The molecule has 24 heavy (non-hydrogen) atoms. The number of hydrogen-bond acceptors (Lipinski definition) is 5. The largest absolute Gasteiger partial charge is 0.497 e. The molecule has 0 aliphatic heterocycles. The molecule has 0 saturated heterocycles. The summed E-state index contributed by atoms with van der Waals surface area (Å²) in [6.07, 6.45) is 2.77. The Kier molecular flexibility index (Phi) is 7.74. The zero-order valence-electron chi connectivity index (χ0n) is 14.7. The highest BCUT2D eigenvalue weighted by Crippen LogP contribution is 2.14. The van der Waals surface area contributed by atoms with Gasteiger partial charge in [0.05, 0.1) is 45.8 Å². The van der Waals surface area contributed by atoms with Crippen LogP contribution in [0.4, 0.5) is 0 Å². The van der Waals surface area contributed by atoms with Crippen molar-refractivity contribution in [3.8, 4) is 5.75 Å². The van der Waals surface area contributed by atoms with Crippen molar-refractivity contribution in [2.45, 2.75) is 19.6 Å². The predicted molar refractivity (Wildman–Crippen MR) is 91.1 cm³/mol. The molecule has 0 aliphatic carbocycles. The molecule has 0 radical (unpaired) electrons.